The van der Waals surface area contributed by atoms with Crippen molar-refractivity contribution in [1.29, 1.82) is 0 Å². The fraction of sp³-hybridized carbons (Fsp3) is 0.571. The van der Waals surface area contributed by atoms with Gasteiger partial charge < -0.3 is 9.84 Å². The first-order chi connectivity index (χ1) is 9.40. The molecule has 1 aromatic carbocycles. The molecular weight excluding hydrogens is 344 g/mol. The molecule has 4 nitrogen and oxygen atoms in total. The van der Waals surface area contributed by atoms with Crippen molar-refractivity contribution in [2.24, 2.45) is 0 Å². The number of aliphatic hydroxyl groups excluding tert-OH is 1. The van der Waals surface area contributed by atoms with Crippen molar-refractivity contribution in [3.05, 3.63) is 28.2 Å². The van der Waals surface area contributed by atoms with E-state index in [4.69, 9.17) is 4.74 Å². The third-order valence-corrected chi connectivity index (χ3v) is 6.09. The van der Waals surface area contributed by atoms with Gasteiger partial charge in [0.15, 0.2) is 0 Å². The van der Waals surface area contributed by atoms with E-state index >= 15 is 0 Å². The smallest absolute Gasteiger partial charge is 0.150 e. The topological polar surface area (TPSA) is 63.6 Å². The van der Waals surface area contributed by atoms with Gasteiger partial charge in [0.1, 0.15) is 15.6 Å². The van der Waals surface area contributed by atoms with Crippen LogP contribution >= 0.6 is 15.9 Å². The maximum Gasteiger partial charge on any atom is 0.150 e. The molecule has 0 spiro atoms. The van der Waals surface area contributed by atoms with E-state index in [1.165, 1.54) is 6.26 Å². The van der Waals surface area contributed by atoms with Gasteiger partial charge in [-0.15, -0.1) is 0 Å². The molecule has 6 heteroatoms. The van der Waals surface area contributed by atoms with Gasteiger partial charge in [0.25, 0.3) is 0 Å². The molecule has 1 N–H and O–H groups in total. The standard InChI is InChI=1S/C14H19BrO4S/c1-20(17,18)13-4-2-3-11(8-13)19-12-5-6-14(15)10(7-12)9-16/h5-7,11,13,16H,2-4,8-9H2,1H3. The van der Waals surface area contributed by atoms with Crippen molar-refractivity contribution in [3.63, 3.8) is 0 Å². The molecule has 0 aliphatic heterocycles. The van der Waals surface area contributed by atoms with Gasteiger partial charge in [-0.3, -0.25) is 0 Å². The average molecular weight is 363 g/mol. The number of aliphatic hydroxyl groups is 1. The second-order valence-electron chi connectivity index (χ2n) is 5.27. The molecule has 1 fully saturated rings. The molecule has 0 bridgehead atoms. The van der Waals surface area contributed by atoms with Gasteiger partial charge in [-0.05, 0) is 43.0 Å². The molecular formula is C14H19BrO4S. The maximum atomic E-state index is 11.6. The first-order valence-corrected chi connectivity index (χ1v) is 9.39. The van der Waals surface area contributed by atoms with Crippen molar-refractivity contribution >= 4 is 25.8 Å². The monoisotopic (exact) mass is 362 g/mol. The van der Waals surface area contributed by atoms with Crippen LogP contribution in [0.1, 0.15) is 31.2 Å². The quantitative estimate of drug-likeness (QED) is 0.894. The zero-order chi connectivity index (χ0) is 14.8. The van der Waals surface area contributed by atoms with Crippen LogP contribution in [0.3, 0.4) is 0 Å². The summed E-state index contributed by atoms with van der Waals surface area (Å²) in [7, 11) is -3.00. The van der Waals surface area contributed by atoms with Crippen LogP contribution in [0, 0.1) is 0 Å². The van der Waals surface area contributed by atoms with Crippen molar-refractivity contribution in [2.45, 2.75) is 43.6 Å². The van der Waals surface area contributed by atoms with Gasteiger partial charge in [-0.1, -0.05) is 15.9 Å². The minimum atomic E-state index is -3.00. The summed E-state index contributed by atoms with van der Waals surface area (Å²) in [5, 5.41) is 8.94. The van der Waals surface area contributed by atoms with Crippen LogP contribution in [0.4, 0.5) is 0 Å². The molecule has 2 rings (SSSR count). The van der Waals surface area contributed by atoms with E-state index in [1.54, 1.807) is 6.07 Å². The van der Waals surface area contributed by atoms with Crippen molar-refractivity contribution in [2.75, 3.05) is 6.26 Å². The Morgan fingerprint density at radius 2 is 2.15 bits per heavy atom. The van der Waals surface area contributed by atoms with Gasteiger partial charge >= 0.3 is 0 Å². The summed E-state index contributed by atoms with van der Waals surface area (Å²) < 4.78 is 30.0. The van der Waals surface area contributed by atoms with E-state index in [2.05, 4.69) is 15.9 Å². The summed E-state index contributed by atoms with van der Waals surface area (Å²) in [6.07, 6.45) is 4.23. The molecule has 1 aliphatic carbocycles. The van der Waals surface area contributed by atoms with Gasteiger partial charge in [-0.25, -0.2) is 8.42 Å². The number of hydrogen-bond acceptors (Lipinski definition) is 4. The molecule has 1 aliphatic rings. The minimum absolute atomic E-state index is 0.0611. The van der Waals surface area contributed by atoms with Crippen LogP contribution in [0.5, 0.6) is 5.75 Å². The fourth-order valence-corrected chi connectivity index (χ4v) is 4.07. The zero-order valence-electron chi connectivity index (χ0n) is 11.4. The molecule has 1 aromatic rings. The highest BCUT2D eigenvalue weighted by atomic mass is 79.9. The number of ether oxygens (including phenoxy) is 1. The zero-order valence-corrected chi connectivity index (χ0v) is 13.8. The molecule has 0 amide bonds. The maximum absolute atomic E-state index is 11.6. The first kappa shape index (κ1) is 15.8. The van der Waals surface area contributed by atoms with E-state index in [0.29, 0.717) is 12.2 Å². The Hall–Kier alpha value is -0.590. The van der Waals surface area contributed by atoms with Gasteiger partial charge in [0.05, 0.1) is 18.0 Å². The number of rotatable bonds is 4. The Morgan fingerprint density at radius 3 is 2.80 bits per heavy atom. The number of halogens is 1. The van der Waals surface area contributed by atoms with E-state index in [9.17, 15) is 13.5 Å². The number of hydrogen-bond donors (Lipinski definition) is 1. The average Bonchev–Trinajstić information content (AvgIpc) is 2.40. The highest BCUT2D eigenvalue weighted by Crippen LogP contribution is 2.29. The van der Waals surface area contributed by atoms with Crippen molar-refractivity contribution in [3.8, 4) is 5.75 Å². The van der Waals surface area contributed by atoms with Crippen molar-refractivity contribution < 1.29 is 18.3 Å². The van der Waals surface area contributed by atoms with Gasteiger partial charge in [0, 0.05) is 17.1 Å². The van der Waals surface area contributed by atoms with E-state index in [-0.39, 0.29) is 18.0 Å². The predicted molar refractivity (Wildman–Crippen MR) is 81.6 cm³/mol. The lowest BCUT2D eigenvalue weighted by atomic mass is 9.97. The Kier molecular flexibility index (Phi) is 5.09. The minimum Gasteiger partial charge on any atom is -0.490 e. The number of sulfone groups is 1. The molecule has 0 radical (unpaired) electrons. The highest BCUT2D eigenvalue weighted by Gasteiger charge is 2.29. The molecule has 1 saturated carbocycles. The summed E-state index contributed by atoms with van der Waals surface area (Å²) in [6.45, 7) is -0.0611. The SMILES string of the molecule is CS(=O)(=O)C1CCCC(Oc2ccc(Br)c(CO)c2)C1. The molecule has 2 atom stereocenters. The van der Waals surface area contributed by atoms with Crippen LogP contribution in [0.25, 0.3) is 0 Å². The van der Waals surface area contributed by atoms with Crippen molar-refractivity contribution in [1.82, 2.24) is 0 Å². The van der Waals surface area contributed by atoms with Crippen LogP contribution in [0.2, 0.25) is 0 Å². The van der Waals surface area contributed by atoms with Crippen LogP contribution in [-0.4, -0.2) is 31.1 Å². The van der Waals surface area contributed by atoms with Crippen LogP contribution < -0.4 is 4.74 Å². The predicted octanol–water partition coefficient (Wildman–Crippen LogP) is 2.68. The number of benzene rings is 1. The summed E-state index contributed by atoms with van der Waals surface area (Å²) in [5.41, 5.74) is 0.762. The first-order valence-electron chi connectivity index (χ1n) is 6.65. The van der Waals surface area contributed by atoms with E-state index in [1.807, 2.05) is 12.1 Å². The third-order valence-electron chi connectivity index (χ3n) is 3.67. The molecule has 0 aromatic heterocycles. The second-order valence-corrected chi connectivity index (χ2v) is 8.45. The fourth-order valence-electron chi connectivity index (χ4n) is 2.54. The molecule has 112 valence electrons. The Morgan fingerprint density at radius 1 is 1.40 bits per heavy atom. The van der Waals surface area contributed by atoms with E-state index in [0.717, 1.165) is 29.3 Å². The Labute approximate surface area is 128 Å². The van der Waals surface area contributed by atoms with Crippen LogP contribution in [0.15, 0.2) is 22.7 Å². The summed E-state index contributed by atoms with van der Waals surface area (Å²) >= 11 is 3.36. The lowest BCUT2D eigenvalue weighted by Gasteiger charge is -2.28. The van der Waals surface area contributed by atoms with Gasteiger partial charge in [0.2, 0.25) is 0 Å². The molecule has 0 heterocycles. The van der Waals surface area contributed by atoms with Gasteiger partial charge in [-0.2, -0.15) is 0 Å². The summed E-state index contributed by atoms with van der Waals surface area (Å²) in [5.74, 6) is 0.677. The largest absolute Gasteiger partial charge is 0.490 e. The lowest BCUT2D eigenvalue weighted by molar-refractivity contribution is 0.156. The highest BCUT2D eigenvalue weighted by molar-refractivity contribution is 9.10. The Bertz CT molecular complexity index is 571. The van der Waals surface area contributed by atoms with E-state index < -0.39 is 9.84 Å². The second kappa shape index (κ2) is 6.45. The molecule has 2 unspecified atom stereocenters. The molecule has 0 saturated heterocycles. The molecule has 20 heavy (non-hydrogen) atoms. The van der Waals surface area contributed by atoms with Crippen LogP contribution in [-0.2, 0) is 16.4 Å². The summed E-state index contributed by atoms with van der Waals surface area (Å²) in [4.78, 5) is 0. The summed E-state index contributed by atoms with van der Waals surface area (Å²) in [6, 6.07) is 5.44. The normalized spacial score (nSPS) is 23.6. The third kappa shape index (κ3) is 3.96. The Balaban J connectivity index is 2.06. The lowest BCUT2D eigenvalue weighted by Crippen LogP contribution is -2.33.